The molecule has 0 aromatic heterocycles. The Labute approximate surface area is 254 Å². The number of esters is 1. The zero-order chi connectivity index (χ0) is 30.6. The Balaban J connectivity index is 1.54. The molecule has 1 N–H and O–H groups in total. The third-order valence-electron chi connectivity index (χ3n) is 9.82. The average molecular weight is 596 g/mol. The van der Waals surface area contributed by atoms with Crippen molar-refractivity contribution in [2.45, 2.75) is 55.9 Å². The maximum absolute atomic E-state index is 14.8. The maximum Gasteiger partial charge on any atom is 0.313 e. The van der Waals surface area contributed by atoms with Crippen LogP contribution in [0.15, 0.2) is 55.6 Å². The molecule has 2 unspecified atom stereocenters. The number of likely N-dealkylation sites (tertiary alicyclic amines) is 1. The number of nitrogens with zero attached hydrogens (tertiary/aromatic N) is 3. The minimum atomic E-state index is -1.20. The molecule has 1 aromatic carbocycles. The molecule has 4 aliphatic heterocycles. The van der Waals surface area contributed by atoms with Crippen LogP contribution >= 0.6 is 0 Å². The maximum atomic E-state index is 14.8. The van der Waals surface area contributed by atoms with Crippen LogP contribution in [0.25, 0.3) is 0 Å². The van der Waals surface area contributed by atoms with Crippen molar-refractivity contribution in [1.29, 1.82) is 0 Å². The summed E-state index contributed by atoms with van der Waals surface area (Å²) in [7, 11) is 0. The van der Waals surface area contributed by atoms with E-state index in [1.54, 1.807) is 15.9 Å². The number of morpholine rings is 1. The molecule has 4 saturated heterocycles. The monoisotopic (exact) mass is 595 g/mol. The third-order valence-corrected chi connectivity index (χ3v) is 9.82. The first-order valence-electron chi connectivity index (χ1n) is 15.5. The van der Waals surface area contributed by atoms with Crippen LogP contribution in [0, 0.1) is 11.8 Å². The summed E-state index contributed by atoms with van der Waals surface area (Å²) in [5.41, 5.74) is -1.17. The number of benzene rings is 1. The Morgan fingerprint density at radius 3 is 2.58 bits per heavy atom. The first-order chi connectivity index (χ1) is 20.9. The van der Waals surface area contributed by atoms with Crippen LogP contribution in [0.5, 0.6) is 0 Å². The van der Waals surface area contributed by atoms with E-state index in [2.05, 4.69) is 18.1 Å². The number of fused-ring (bicyclic) bond motifs is 1. The van der Waals surface area contributed by atoms with Crippen LogP contribution in [-0.4, -0.2) is 120 Å². The van der Waals surface area contributed by atoms with Gasteiger partial charge in [-0.15, -0.1) is 6.58 Å². The number of rotatable bonds is 14. The molecular formula is C33H45N3O7. The van der Waals surface area contributed by atoms with Crippen LogP contribution in [-0.2, 0) is 35.0 Å². The second-order valence-electron chi connectivity index (χ2n) is 12.1. The van der Waals surface area contributed by atoms with Gasteiger partial charge in [-0.2, -0.15) is 0 Å². The molecule has 0 saturated carbocycles. The lowest BCUT2D eigenvalue weighted by atomic mass is 9.65. The van der Waals surface area contributed by atoms with Gasteiger partial charge >= 0.3 is 5.97 Å². The lowest BCUT2D eigenvalue weighted by Crippen LogP contribution is -2.60. The highest BCUT2D eigenvalue weighted by molar-refractivity contribution is 5.98. The number of hydrogen-bond donors (Lipinski definition) is 1. The van der Waals surface area contributed by atoms with E-state index in [-0.39, 0.29) is 25.0 Å². The highest BCUT2D eigenvalue weighted by atomic mass is 16.6. The molecule has 4 aliphatic rings. The molecule has 6 atom stereocenters. The van der Waals surface area contributed by atoms with Gasteiger partial charge in [0.15, 0.2) is 0 Å². The fourth-order valence-corrected chi connectivity index (χ4v) is 7.76. The summed E-state index contributed by atoms with van der Waals surface area (Å²) in [6, 6.07) is 7.92. The zero-order valence-corrected chi connectivity index (χ0v) is 25.2. The first kappa shape index (κ1) is 31.4. The summed E-state index contributed by atoms with van der Waals surface area (Å²) >= 11 is 0. The highest BCUT2D eigenvalue weighted by Crippen LogP contribution is 2.65. The molecule has 0 radical (unpaired) electrons. The molecule has 4 heterocycles. The van der Waals surface area contributed by atoms with E-state index in [1.165, 1.54) is 6.08 Å². The Kier molecular flexibility index (Phi) is 9.70. The Morgan fingerprint density at radius 1 is 1.19 bits per heavy atom. The van der Waals surface area contributed by atoms with E-state index in [0.29, 0.717) is 58.5 Å². The third kappa shape index (κ3) is 5.66. The van der Waals surface area contributed by atoms with Gasteiger partial charge in [0.1, 0.15) is 24.2 Å². The summed E-state index contributed by atoms with van der Waals surface area (Å²) in [6.45, 7) is 13.5. The van der Waals surface area contributed by atoms with Crippen LogP contribution < -0.4 is 0 Å². The van der Waals surface area contributed by atoms with Crippen LogP contribution in [0.1, 0.15) is 31.7 Å². The number of ether oxygens (including phenoxy) is 3. The van der Waals surface area contributed by atoms with Crippen molar-refractivity contribution in [3.63, 3.8) is 0 Å². The lowest BCUT2D eigenvalue weighted by Gasteiger charge is -2.40. The topological polar surface area (TPSA) is 109 Å². The van der Waals surface area contributed by atoms with Gasteiger partial charge in [-0.1, -0.05) is 56.0 Å². The summed E-state index contributed by atoms with van der Waals surface area (Å²) in [5.74, 6) is -2.83. The van der Waals surface area contributed by atoms with Crippen molar-refractivity contribution in [1.82, 2.24) is 14.7 Å². The van der Waals surface area contributed by atoms with Crippen LogP contribution in [0.4, 0.5) is 0 Å². The fraction of sp³-hybridized carbons (Fsp3) is 0.606. The molecule has 1 aromatic rings. The van der Waals surface area contributed by atoms with E-state index in [0.717, 1.165) is 18.7 Å². The minimum absolute atomic E-state index is 0.0248. The van der Waals surface area contributed by atoms with Gasteiger partial charge in [-0.05, 0) is 31.2 Å². The molecule has 43 heavy (non-hydrogen) atoms. The number of aliphatic hydroxyl groups excluding tert-OH is 1. The van der Waals surface area contributed by atoms with Crippen molar-refractivity contribution >= 4 is 17.8 Å². The largest absolute Gasteiger partial charge is 0.461 e. The smallest absolute Gasteiger partial charge is 0.313 e. The SMILES string of the molecule is C=CCOC(=O)[C@H]1[C@H]2C(=O)N([C@@H](CO)Cc3ccccc3)C(C(=O)N(CC=C)CCN3CCOCC3)C23CC[C@]1(CC)O3. The van der Waals surface area contributed by atoms with E-state index in [4.69, 9.17) is 14.2 Å². The van der Waals surface area contributed by atoms with Gasteiger partial charge in [0.25, 0.3) is 0 Å². The van der Waals surface area contributed by atoms with Gasteiger partial charge in [0, 0.05) is 32.7 Å². The van der Waals surface area contributed by atoms with Crippen molar-refractivity contribution < 1.29 is 33.7 Å². The second kappa shape index (κ2) is 13.3. The van der Waals surface area contributed by atoms with Gasteiger partial charge in [-0.3, -0.25) is 19.3 Å². The molecule has 2 amide bonds. The number of aliphatic hydroxyl groups is 1. The molecule has 5 rings (SSSR count). The Bertz CT molecular complexity index is 1190. The van der Waals surface area contributed by atoms with E-state index < -0.39 is 41.1 Å². The van der Waals surface area contributed by atoms with Crippen LogP contribution in [0.2, 0.25) is 0 Å². The number of carbonyl (C=O) groups is 3. The lowest BCUT2D eigenvalue weighted by molar-refractivity contribution is -0.163. The molecule has 1 spiro atoms. The van der Waals surface area contributed by atoms with Crippen LogP contribution in [0.3, 0.4) is 0 Å². The van der Waals surface area contributed by atoms with Gasteiger partial charge in [0.2, 0.25) is 11.8 Å². The standard InChI is InChI=1S/C33H45N3O7/c1-4-14-35(16-15-34-17-20-41-21-18-34)30(39)28-33-13-12-32(6-3,43-33)27(31(40)42-19-5-2)26(33)29(38)36(28)25(23-37)22-24-10-8-7-9-11-24/h4-5,7-11,25-28,37H,1-2,6,12-23H2,3H3/t25-,26+,27-,28?,32+,33?/m1/s1. The summed E-state index contributed by atoms with van der Waals surface area (Å²) in [4.78, 5) is 48.5. The highest BCUT2D eigenvalue weighted by Gasteiger charge is 2.79. The Morgan fingerprint density at radius 2 is 1.93 bits per heavy atom. The van der Waals surface area contributed by atoms with Crippen molar-refractivity contribution in [3.8, 4) is 0 Å². The minimum Gasteiger partial charge on any atom is -0.461 e. The normalized spacial score (nSPS) is 30.6. The first-order valence-corrected chi connectivity index (χ1v) is 15.5. The molecule has 4 fully saturated rings. The van der Waals surface area contributed by atoms with E-state index in [9.17, 15) is 19.5 Å². The van der Waals surface area contributed by atoms with Gasteiger partial charge in [-0.25, -0.2) is 0 Å². The molecular weight excluding hydrogens is 550 g/mol. The fourth-order valence-electron chi connectivity index (χ4n) is 7.76. The van der Waals surface area contributed by atoms with Crippen molar-refractivity contribution in [3.05, 3.63) is 61.2 Å². The summed E-state index contributed by atoms with van der Waals surface area (Å²) < 4.78 is 17.9. The number of amides is 2. The van der Waals surface area contributed by atoms with Gasteiger partial charge < -0.3 is 29.1 Å². The van der Waals surface area contributed by atoms with Gasteiger partial charge in [0.05, 0.1) is 37.4 Å². The quantitative estimate of drug-likeness (QED) is 0.256. The predicted octanol–water partition coefficient (Wildman–Crippen LogP) is 1.82. The Hall–Kier alpha value is -3.05. The number of carbonyl (C=O) groups excluding carboxylic acids is 3. The van der Waals surface area contributed by atoms with Crippen molar-refractivity contribution in [2.75, 3.05) is 59.2 Å². The molecule has 0 aliphatic carbocycles. The van der Waals surface area contributed by atoms with E-state index in [1.807, 2.05) is 37.3 Å². The second-order valence-corrected chi connectivity index (χ2v) is 12.1. The zero-order valence-electron chi connectivity index (χ0n) is 25.2. The van der Waals surface area contributed by atoms with E-state index >= 15 is 0 Å². The molecule has 234 valence electrons. The summed E-state index contributed by atoms with van der Waals surface area (Å²) in [5, 5.41) is 10.7. The number of hydrogen-bond acceptors (Lipinski definition) is 8. The molecule has 10 nitrogen and oxygen atoms in total. The van der Waals surface area contributed by atoms with Crippen molar-refractivity contribution in [2.24, 2.45) is 11.8 Å². The average Bonchev–Trinajstić information content (AvgIpc) is 3.65. The molecule has 2 bridgehead atoms. The predicted molar refractivity (Wildman–Crippen MR) is 160 cm³/mol. The molecule has 10 heteroatoms. The summed E-state index contributed by atoms with van der Waals surface area (Å²) in [6.07, 6.45) is 5.06.